The van der Waals surface area contributed by atoms with Crippen molar-refractivity contribution in [1.82, 2.24) is 0 Å². The molecule has 4 nitrogen and oxygen atoms in total. The molecule has 1 aromatic rings. The molecule has 0 amide bonds. The van der Waals surface area contributed by atoms with E-state index in [9.17, 15) is 10.1 Å². The van der Waals surface area contributed by atoms with Crippen molar-refractivity contribution in [2.45, 2.75) is 12.8 Å². The fourth-order valence-corrected chi connectivity index (χ4v) is 1.17. The van der Waals surface area contributed by atoms with Crippen LogP contribution >= 0.6 is 0 Å². The maximum absolute atomic E-state index is 10.5. The summed E-state index contributed by atoms with van der Waals surface area (Å²) in [7, 11) is 0. The van der Waals surface area contributed by atoms with Gasteiger partial charge >= 0.3 is 0 Å². The van der Waals surface area contributed by atoms with E-state index in [1.165, 1.54) is 6.07 Å². The Morgan fingerprint density at radius 1 is 1.38 bits per heavy atom. The molecule has 0 aliphatic rings. The molecule has 0 aliphatic carbocycles. The van der Waals surface area contributed by atoms with Gasteiger partial charge in [-0.3, -0.25) is 10.1 Å². The lowest BCUT2D eigenvalue weighted by Gasteiger charge is -2.00. The number of nitro benzene ring substituents is 1. The van der Waals surface area contributed by atoms with E-state index in [-0.39, 0.29) is 12.3 Å². The van der Waals surface area contributed by atoms with Gasteiger partial charge < -0.3 is 5.11 Å². The Labute approximate surface area is 76.0 Å². The van der Waals surface area contributed by atoms with Gasteiger partial charge in [0.25, 0.3) is 5.69 Å². The maximum atomic E-state index is 10.5. The van der Waals surface area contributed by atoms with E-state index in [1.807, 2.05) is 0 Å². The molecule has 13 heavy (non-hydrogen) atoms. The van der Waals surface area contributed by atoms with Crippen molar-refractivity contribution >= 4 is 5.69 Å². The van der Waals surface area contributed by atoms with Crippen molar-refractivity contribution < 1.29 is 10.0 Å². The first-order valence-corrected chi connectivity index (χ1v) is 4.09. The van der Waals surface area contributed by atoms with Crippen molar-refractivity contribution in [2.24, 2.45) is 0 Å². The van der Waals surface area contributed by atoms with E-state index in [0.29, 0.717) is 18.4 Å². The Bertz CT molecular complexity index is 299. The summed E-state index contributed by atoms with van der Waals surface area (Å²) in [6, 6.07) is 6.60. The van der Waals surface area contributed by atoms with Crippen LogP contribution in [0.3, 0.4) is 0 Å². The molecule has 0 heterocycles. The normalized spacial score (nSPS) is 9.92. The highest BCUT2D eigenvalue weighted by atomic mass is 16.6. The standard InChI is InChI=1S/C9H11NO3/c11-7-3-5-8-4-1-2-6-9(8)10(12)13/h1-2,4,6,11H,3,5,7H2. The second kappa shape index (κ2) is 4.57. The molecule has 0 radical (unpaired) electrons. The highest BCUT2D eigenvalue weighted by molar-refractivity contribution is 5.39. The van der Waals surface area contributed by atoms with Crippen LogP contribution in [0.15, 0.2) is 24.3 Å². The van der Waals surface area contributed by atoms with Gasteiger partial charge in [0.15, 0.2) is 0 Å². The van der Waals surface area contributed by atoms with E-state index in [4.69, 9.17) is 5.11 Å². The smallest absolute Gasteiger partial charge is 0.272 e. The quantitative estimate of drug-likeness (QED) is 0.565. The number of nitrogens with zero attached hydrogens (tertiary/aromatic N) is 1. The topological polar surface area (TPSA) is 63.4 Å². The van der Waals surface area contributed by atoms with Crippen LogP contribution in [-0.4, -0.2) is 16.6 Å². The Kier molecular flexibility index (Phi) is 3.40. The number of aryl methyl sites for hydroxylation is 1. The average Bonchev–Trinajstić information content (AvgIpc) is 2.15. The second-order valence-electron chi connectivity index (χ2n) is 2.71. The number of rotatable bonds is 4. The molecule has 1 N–H and O–H groups in total. The van der Waals surface area contributed by atoms with Crippen molar-refractivity contribution in [3.63, 3.8) is 0 Å². The highest BCUT2D eigenvalue weighted by Crippen LogP contribution is 2.18. The monoisotopic (exact) mass is 181 g/mol. The first kappa shape index (κ1) is 9.67. The Balaban J connectivity index is 2.84. The predicted octanol–water partition coefficient (Wildman–Crippen LogP) is 1.52. The number of hydrogen-bond donors (Lipinski definition) is 1. The third-order valence-corrected chi connectivity index (χ3v) is 1.79. The number of benzene rings is 1. The zero-order valence-corrected chi connectivity index (χ0v) is 7.14. The molecule has 0 aliphatic heterocycles. The molecule has 0 bridgehead atoms. The molecule has 4 heteroatoms. The van der Waals surface area contributed by atoms with E-state index < -0.39 is 4.92 Å². The average molecular weight is 181 g/mol. The Morgan fingerprint density at radius 2 is 2.08 bits per heavy atom. The van der Waals surface area contributed by atoms with Crippen LogP contribution in [0.25, 0.3) is 0 Å². The fourth-order valence-electron chi connectivity index (χ4n) is 1.17. The zero-order valence-electron chi connectivity index (χ0n) is 7.14. The Hall–Kier alpha value is -1.42. The molecular formula is C9H11NO3. The molecule has 0 unspecified atom stereocenters. The first-order valence-electron chi connectivity index (χ1n) is 4.09. The number of para-hydroxylation sites is 1. The van der Waals surface area contributed by atoms with Gasteiger partial charge in [0.05, 0.1) is 4.92 Å². The minimum Gasteiger partial charge on any atom is -0.396 e. The molecule has 0 atom stereocenters. The lowest BCUT2D eigenvalue weighted by Crippen LogP contribution is -1.96. The van der Waals surface area contributed by atoms with Crippen molar-refractivity contribution in [1.29, 1.82) is 0 Å². The summed E-state index contributed by atoms with van der Waals surface area (Å²) in [6.45, 7) is 0.0616. The molecular weight excluding hydrogens is 170 g/mol. The molecule has 70 valence electrons. The zero-order chi connectivity index (χ0) is 9.68. The summed E-state index contributed by atoms with van der Waals surface area (Å²) in [5.41, 5.74) is 0.817. The van der Waals surface area contributed by atoms with Crippen molar-refractivity contribution in [3.8, 4) is 0 Å². The summed E-state index contributed by atoms with van der Waals surface area (Å²) in [5, 5.41) is 19.1. The molecule has 0 saturated carbocycles. The van der Waals surface area contributed by atoms with Gasteiger partial charge in [-0.25, -0.2) is 0 Å². The third kappa shape index (κ3) is 2.52. The number of nitro groups is 1. The Morgan fingerprint density at radius 3 is 2.69 bits per heavy atom. The SMILES string of the molecule is O=[N+]([O-])c1ccccc1CCCO. The minimum atomic E-state index is -0.396. The van der Waals surface area contributed by atoms with Gasteiger partial charge in [0.2, 0.25) is 0 Å². The summed E-state index contributed by atoms with van der Waals surface area (Å²) < 4.78 is 0. The van der Waals surface area contributed by atoms with E-state index in [2.05, 4.69) is 0 Å². The molecule has 1 rings (SSSR count). The lowest BCUT2D eigenvalue weighted by molar-refractivity contribution is -0.385. The van der Waals surface area contributed by atoms with E-state index in [0.717, 1.165) is 0 Å². The van der Waals surface area contributed by atoms with Gasteiger partial charge in [-0.1, -0.05) is 18.2 Å². The number of aliphatic hydroxyl groups is 1. The number of aliphatic hydroxyl groups excluding tert-OH is 1. The summed E-state index contributed by atoms with van der Waals surface area (Å²) in [6.07, 6.45) is 1.11. The van der Waals surface area contributed by atoms with Gasteiger partial charge in [-0.15, -0.1) is 0 Å². The van der Waals surface area contributed by atoms with Crippen LogP contribution in [0.5, 0.6) is 0 Å². The summed E-state index contributed by atoms with van der Waals surface area (Å²) in [4.78, 5) is 10.1. The summed E-state index contributed by atoms with van der Waals surface area (Å²) >= 11 is 0. The number of hydrogen-bond acceptors (Lipinski definition) is 3. The molecule has 0 spiro atoms. The second-order valence-corrected chi connectivity index (χ2v) is 2.71. The van der Waals surface area contributed by atoms with E-state index >= 15 is 0 Å². The third-order valence-electron chi connectivity index (χ3n) is 1.79. The van der Waals surface area contributed by atoms with Gasteiger partial charge in [-0.2, -0.15) is 0 Å². The molecule has 0 fully saturated rings. The van der Waals surface area contributed by atoms with Crippen LogP contribution in [0, 0.1) is 10.1 Å². The molecule has 0 aromatic heterocycles. The maximum Gasteiger partial charge on any atom is 0.272 e. The van der Waals surface area contributed by atoms with Gasteiger partial charge in [0.1, 0.15) is 0 Å². The lowest BCUT2D eigenvalue weighted by atomic mass is 10.1. The molecule has 1 aromatic carbocycles. The molecule has 0 saturated heterocycles. The van der Waals surface area contributed by atoms with E-state index in [1.54, 1.807) is 18.2 Å². The van der Waals surface area contributed by atoms with Crippen LogP contribution in [0.1, 0.15) is 12.0 Å². The van der Waals surface area contributed by atoms with Crippen LogP contribution < -0.4 is 0 Å². The largest absolute Gasteiger partial charge is 0.396 e. The highest BCUT2D eigenvalue weighted by Gasteiger charge is 2.10. The summed E-state index contributed by atoms with van der Waals surface area (Å²) in [5.74, 6) is 0. The van der Waals surface area contributed by atoms with Crippen molar-refractivity contribution in [2.75, 3.05) is 6.61 Å². The predicted molar refractivity (Wildman–Crippen MR) is 48.5 cm³/mol. The van der Waals surface area contributed by atoms with Crippen LogP contribution in [-0.2, 0) is 6.42 Å². The fraction of sp³-hybridized carbons (Fsp3) is 0.333. The van der Waals surface area contributed by atoms with Crippen LogP contribution in [0.2, 0.25) is 0 Å². The van der Waals surface area contributed by atoms with Gasteiger partial charge in [-0.05, 0) is 12.8 Å². The minimum absolute atomic E-state index is 0.0616. The van der Waals surface area contributed by atoms with Gasteiger partial charge in [0, 0.05) is 18.2 Å². The van der Waals surface area contributed by atoms with Crippen molar-refractivity contribution in [3.05, 3.63) is 39.9 Å². The van der Waals surface area contributed by atoms with Crippen LogP contribution in [0.4, 0.5) is 5.69 Å². The first-order chi connectivity index (χ1) is 6.25.